The molecule has 4 aromatic rings. The number of nitrogens with one attached hydrogen (secondary N) is 2. The fourth-order valence-corrected chi connectivity index (χ4v) is 3.81. The molecule has 7 nitrogen and oxygen atoms in total. The molecule has 0 spiro atoms. The van der Waals surface area contributed by atoms with Crippen LogP contribution in [0.5, 0.6) is 0 Å². The molecule has 0 saturated carbocycles. The summed E-state index contributed by atoms with van der Waals surface area (Å²) in [6.45, 7) is 4.11. The van der Waals surface area contributed by atoms with E-state index in [-0.39, 0.29) is 11.7 Å². The van der Waals surface area contributed by atoms with E-state index in [0.29, 0.717) is 16.8 Å². The average molecular weight is 394 g/mol. The summed E-state index contributed by atoms with van der Waals surface area (Å²) in [7, 11) is 0. The van der Waals surface area contributed by atoms with Crippen LogP contribution in [0.2, 0.25) is 0 Å². The number of oxazole rings is 1. The van der Waals surface area contributed by atoms with Gasteiger partial charge in [-0.15, -0.1) is 0 Å². The van der Waals surface area contributed by atoms with Crippen LogP contribution in [0.25, 0.3) is 16.8 Å². The molecule has 0 aliphatic rings. The molecule has 0 atom stereocenters. The second-order valence-electron chi connectivity index (χ2n) is 6.49. The lowest BCUT2D eigenvalue weighted by Gasteiger charge is -2.10. The van der Waals surface area contributed by atoms with Crippen molar-refractivity contribution in [3.8, 4) is 5.69 Å². The smallest absolute Gasteiger partial charge is 0.408 e. The second kappa shape index (κ2) is 7.40. The quantitative estimate of drug-likeness (QED) is 0.504. The number of aromatic amines is 1. The number of nitrogens with zero attached hydrogens (tertiary/aromatic N) is 2. The Morgan fingerprint density at radius 2 is 2.00 bits per heavy atom. The average Bonchev–Trinajstić information content (AvgIpc) is 3.24. The molecule has 142 valence electrons. The minimum Gasteiger partial charge on any atom is -0.408 e. The molecule has 4 rings (SSSR count). The highest BCUT2D eigenvalue weighted by Gasteiger charge is 2.11. The molecule has 8 heteroatoms. The zero-order valence-electron chi connectivity index (χ0n) is 15.4. The van der Waals surface area contributed by atoms with Crippen molar-refractivity contribution >= 4 is 34.5 Å². The first-order chi connectivity index (χ1) is 13.5. The van der Waals surface area contributed by atoms with Gasteiger partial charge in [0.25, 0.3) is 0 Å². The van der Waals surface area contributed by atoms with Gasteiger partial charge in [0, 0.05) is 23.8 Å². The van der Waals surface area contributed by atoms with Crippen LogP contribution in [0.4, 0.5) is 5.69 Å². The van der Waals surface area contributed by atoms with Crippen molar-refractivity contribution in [1.29, 1.82) is 0 Å². The number of carbonyl (C=O) groups excluding carboxylic acids is 1. The van der Waals surface area contributed by atoms with Crippen molar-refractivity contribution in [2.24, 2.45) is 0 Å². The molecule has 0 bridgehead atoms. The lowest BCUT2D eigenvalue weighted by atomic mass is 10.1. The summed E-state index contributed by atoms with van der Waals surface area (Å²) >= 11 is 1.36. The van der Waals surface area contributed by atoms with E-state index in [1.165, 1.54) is 22.9 Å². The molecule has 28 heavy (non-hydrogen) atoms. The van der Waals surface area contributed by atoms with Gasteiger partial charge in [0.2, 0.25) is 5.91 Å². The highest BCUT2D eigenvalue weighted by atomic mass is 32.2. The Balaban J connectivity index is 1.45. The van der Waals surface area contributed by atoms with Gasteiger partial charge in [-0.2, -0.15) is 0 Å². The molecule has 0 aliphatic heterocycles. The molecular weight excluding hydrogens is 376 g/mol. The number of fused-ring (bicyclic) bond motifs is 1. The minimum absolute atomic E-state index is 0.162. The van der Waals surface area contributed by atoms with Gasteiger partial charge in [-0.25, -0.2) is 9.78 Å². The van der Waals surface area contributed by atoms with Crippen LogP contribution >= 0.6 is 11.8 Å². The van der Waals surface area contributed by atoms with Gasteiger partial charge in [-0.05, 0) is 55.3 Å². The maximum absolute atomic E-state index is 12.3. The van der Waals surface area contributed by atoms with E-state index >= 15 is 0 Å². The van der Waals surface area contributed by atoms with Crippen molar-refractivity contribution in [3.63, 3.8) is 0 Å². The molecular formula is C20H18N4O3S. The van der Waals surface area contributed by atoms with E-state index in [1.807, 2.05) is 10.8 Å². The lowest BCUT2D eigenvalue weighted by molar-refractivity contribution is -0.113. The van der Waals surface area contributed by atoms with Crippen LogP contribution in [0.1, 0.15) is 11.1 Å². The SMILES string of the molecule is Cc1cc(C)cc(-n2ccnc2SCC(=O)Nc2ccc3oc(=O)[nH]c3c2)c1. The van der Waals surface area contributed by atoms with Crippen LogP contribution in [-0.4, -0.2) is 26.2 Å². The summed E-state index contributed by atoms with van der Waals surface area (Å²) in [4.78, 5) is 30.5. The number of hydrogen-bond acceptors (Lipinski definition) is 5. The molecule has 0 fully saturated rings. The van der Waals surface area contributed by atoms with Crippen LogP contribution in [0, 0.1) is 13.8 Å². The van der Waals surface area contributed by atoms with E-state index in [0.717, 1.165) is 10.8 Å². The topological polar surface area (TPSA) is 92.9 Å². The number of thioether (sulfide) groups is 1. The summed E-state index contributed by atoms with van der Waals surface area (Å²) in [5.41, 5.74) is 4.95. The van der Waals surface area contributed by atoms with Crippen LogP contribution < -0.4 is 11.1 Å². The third-order valence-corrected chi connectivity index (χ3v) is 5.09. The maximum Gasteiger partial charge on any atom is 0.417 e. The van der Waals surface area contributed by atoms with Crippen molar-refractivity contribution in [1.82, 2.24) is 14.5 Å². The molecule has 2 N–H and O–H groups in total. The van der Waals surface area contributed by atoms with E-state index in [4.69, 9.17) is 4.42 Å². The van der Waals surface area contributed by atoms with Crippen molar-refractivity contribution in [2.75, 3.05) is 11.1 Å². The summed E-state index contributed by atoms with van der Waals surface area (Å²) in [5.74, 6) is -0.473. The molecule has 0 radical (unpaired) electrons. The Labute approximate surface area is 164 Å². The van der Waals surface area contributed by atoms with Crippen molar-refractivity contribution in [3.05, 3.63) is 70.5 Å². The fraction of sp³-hybridized carbons (Fsp3) is 0.150. The van der Waals surface area contributed by atoms with Gasteiger partial charge >= 0.3 is 5.76 Å². The number of imidazole rings is 1. The Morgan fingerprint density at radius 1 is 1.21 bits per heavy atom. The third kappa shape index (κ3) is 3.86. The number of rotatable bonds is 5. The van der Waals surface area contributed by atoms with E-state index < -0.39 is 5.76 Å². The van der Waals surface area contributed by atoms with Gasteiger partial charge in [0.05, 0.1) is 11.3 Å². The first kappa shape index (κ1) is 18.1. The molecule has 0 unspecified atom stereocenters. The Morgan fingerprint density at radius 3 is 2.79 bits per heavy atom. The molecule has 2 aromatic carbocycles. The molecule has 0 saturated heterocycles. The number of benzene rings is 2. The van der Waals surface area contributed by atoms with Crippen LogP contribution in [-0.2, 0) is 4.79 Å². The number of aromatic nitrogens is 3. The molecule has 0 aliphatic carbocycles. The predicted molar refractivity (Wildman–Crippen MR) is 109 cm³/mol. The van der Waals surface area contributed by atoms with Crippen molar-refractivity contribution in [2.45, 2.75) is 19.0 Å². The van der Waals surface area contributed by atoms with Gasteiger partial charge in [0.15, 0.2) is 10.7 Å². The lowest BCUT2D eigenvalue weighted by Crippen LogP contribution is -2.14. The van der Waals surface area contributed by atoms with Crippen LogP contribution in [0.3, 0.4) is 0 Å². The minimum atomic E-state index is -0.521. The first-order valence-electron chi connectivity index (χ1n) is 8.65. The summed E-state index contributed by atoms with van der Waals surface area (Å²) in [5, 5.41) is 3.57. The monoisotopic (exact) mass is 394 g/mol. The first-order valence-corrected chi connectivity index (χ1v) is 9.64. The summed E-state index contributed by atoms with van der Waals surface area (Å²) in [6, 6.07) is 11.3. The standard InChI is InChI=1S/C20H18N4O3S/c1-12-7-13(2)9-15(8-12)24-6-5-21-19(24)28-11-18(25)22-14-3-4-17-16(10-14)23-20(26)27-17/h3-10H,11H2,1-2H3,(H,22,25)(H,23,26). The Kier molecular flexibility index (Phi) is 4.79. The normalized spacial score (nSPS) is 11.1. The second-order valence-corrected chi connectivity index (χ2v) is 7.43. The third-order valence-electron chi connectivity index (χ3n) is 4.13. The van der Waals surface area contributed by atoms with E-state index in [1.54, 1.807) is 24.4 Å². The number of anilines is 1. The fourth-order valence-electron chi connectivity index (χ4n) is 3.04. The number of aryl methyl sites for hydroxylation is 2. The van der Waals surface area contributed by atoms with Gasteiger partial charge in [-0.1, -0.05) is 17.8 Å². The highest BCUT2D eigenvalue weighted by Crippen LogP contribution is 2.23. The van der Waals surface area contributed by atoms with E-state index in [2.05, 4.69) is 47.3 Å². The summed E-state index contributed by atoms with van der Waals surface area (Å²) in [6.07, 6.45) is 3.61. The number of hydrogen-bond donors (Lipinski definition) is 2. The van der Waals surface area contributed by atoms with Crippen LogP contribution in [0.15, 0.2) is 63.2 Å². The summed E-state index contributed by atoms with van der Waals surface area (Å²) < 4.78 is 6.93. The Hall–Kier alpha value is -3.26. The highest BCUT2D eigenvalue weighted by molar-refractivity contribution is 7.99. The Bertz CT molecular complexity index is 1200. The predicted octanol–water partition coefficient (Wildman–Crippen LogP) is 3.65. The molecule has 2 heterocycles. The zero-order valence-corrected chi connectivity index (χ0v) is 16.2. The zero-order chi connectivity index (χ0) is 19.7. The largest absolute Gasteiger partial charge is 0.417 e. The number of carbonyl (C=O) groups is 1. The van der Waals surface area contributed by atoms with E-state index in [9.17, 15) is 9.59 Å². The van der Waals surface area contributed by atoms with Gasteiger partial charge < -0.3 is 9.73 Å². The maximum atomic E-state index is 12.3. The molecule has 1 amide bonds. The molecule has 2 aromatic heterocycles. The number of H-pyrrole nitrogens is 1. The number of amides is 1. The van der Waals surface area contributed by atoms with Gasteiger partial charge in [0.1, 0.15) is 0 Å². The van der Waals surface area contributed by atoms with Gasteiger partial charge in [-0.3, -0.25) is 14.3 Å². The van der Waals surface area contributed by atoms with Crippen molar-refractivity contribution < 1.29 is 9.21 Å².